The van der Waals surface area contributed by atoms with E-state index in [0.29, 0.717) is 5.88 Å². The molecule has 4 heteroatoms. The number of hydrogen-bond acceptors (Lipinski definition) is 4. The van der Waals surface area contributed by atoms with Gasteiger partial charge in [0.15, 0.2) is 0 Å². The minimum atomic E-state index is -0.529. The SMILES string of the molecule is C[C@H](O)c1ccnc(Oc2cccc(N(C)C)c2)c1. The first-order valence-electron chi connectivity index (χ1n) is 6.15. The van der Waals surface area contributed by atoms with Gasteiger partial charge < -0.3 is 14.7 Å². The molecule has 0 radical (unpaired) electrons. The molecule has 19 heavy (non-hydrogen) atoms. The Hall–Kier alpha value is -2.07. The van der Waals surface area contributed by atoms with E-state index >= 15 is 0 Å². The highest BCUT2D eigenvalue weighted by atomic mass is 16.5. The van der Waals surface area contributed by atoms with E-state index in [9.17, 15) is 5.11 Å². The quantitative estimate of drug-likeness (QED) is 0.915. The maximum Gasteiger partial charge on any atom is 0.219 e. The molecule has 1 heterocycles. The van der Waals surface area contributed by atoms with Crippen molar-refractivity contribution in [1.82, 2.24) is 4.98 Å². The summed E-state index contributed by atoms with van der Waals surface area (Å²) in [6.45, 7) is 1.71. The Kier molecular flexibility index (Phi) is 4.02. The molecule has 1 N–H and O–H groups in total. The number of aliphatic hydroxyl groups excluding tert-OH is 1. The molecule has 0 aliphatic heterocycles. The summed E-state index contributed by atoms with van der Waals surface area (Å²) >= 11 is 0. The van der Waals surface area contributed by atoms with Crippen molar-refractivity contribution in [2.24, 2.45) is 0 Å². The van der Waals surface area contributed by atoms with Crippen LogP contribution in [0.2, 0.25) is 0 Å². The van der Waals surface area contributed by atoms with Gasteiger partial charge in [-0.3, -0.25) is 0 Å². The minimum absolute atomic E-state index is 0.481. The number of aromatic nitrogens is 1. The zero-order chi connectivity index (χ0) is 13.8. The highest BCUT2D eigenvalue weighted by Gasteiger charge is 2.05. The summed E-state index contributed by atoms with van der Waals surface area (Å²) in [4.78, 5) is 6.15. The van der Waals surface area contributed by atoms with Crippen LogP contribution in [0.3, 0.4) is 0 Å². The van der Waals surface area contributed by atoms with Gasteiger partial charge in [-0.05, 0) is 30.7 Å². The number of ether oxygens (including phenoxy) is 1. The van der Waals surface area contributed by atoms with Crippen molar-refractivity contribution in [1.29, 1.82) is 0 Å². The lowest BCUT2D eigenvalue weighted by molar-refractivity contribution is 0.198. The van der Waals surface area contributed by atoms with Gasteiger partial charge in [-0.1, -0.05) is 6.07 Å². The molecule has 0 bridgehead atoms. The van der Waals surface area contributed by atoms with Crippen LogP contribution in [0.5, 0.6) is 11.6 Å². The average Bonchev–Trinajstić information content (AvgIpc) is 2.39. The number of rotatable bonds is 4. The molecule has 0 saturated carbocycles. The molecule has 0 spiro atoms. The largest absolute Gasteiger partial charge is 0.439 e. The van der Waals surface area contributed by atoms with Crippen molar-refractivity contribution in [2.45, 2.75) is 13.0 Å². The number of benzene rings is 1. The Morgan fingerprint density at radius 2 is 2.00 bits per heavy atom. The van der Waals surface area contributed by atoms with E-state index in [1.54, 1.807) is 25.3 Å². The number of anilines is 1. The fourth-order valence-corrected chi connectivity index (χ4v) is 1.69. The van der Waals surface area contributed by atoms with Crippen molar-refractivity contribution in [3.05, 3.63) is 48.2 Å². The Labute approximate surface area is 113 Å². The highest BCUT2D eigenvalue weighted by Crippen LogP contribution is 2.25. The number of hydrogen-bond donors (Lipinski definition) is 1. The molecule has 4 nitrogen and oxygen atoms in total. The van der Waals surface area contributed by atoms with Crippen LogP contribution in [-0.4, -0.2) is 24.2 Å². The zero-order valence-electron chi connectivity index (χ0n) is 11.4. The van der Waals surface area contributed by atoms with E-state index in [0.717, 1.165) is 17.0 Å². The smallest absolute Gasteiger partial charge is 0.219 e. The second-order valence-corrected chi connectivity index (χ2v) is 4.60. The van der Waals surface area contributed by atoms with E-state index in [1.165, 1.54) is 0 Å². The van der Waals surface area contributed by atoms with Crippen molar-refractivity contribution >= 4 is 5.69 Å². The Bertz CT molecular complexity index is 504. The van der Waals surface area contributed by atoms with Crippen LogP contribution in [0.25, 0.3) is 0 Å². The van der Waals surface area contributed by atoms with Crippen LogP contribution < -0.4 is 9.64 Å². The second-order valence-electron chi connectivity index (χ2n) is 4.60. The fraction of sp³-hybridized carbons (Fsp3) is 0.267. The standard InChI is InChI=1S/C15H18N2O2/c1-11(18)12-7-8-16-15(9-12)19-14-6-4-5-13(10-14)17(2)3/h4-11,18H,1-3H3/t11-/m0/s1. The van der Waals surface area contributed by atoms with Gasteiger partial charge >= 0.3 is 0 Å². The molecule has 1 aromatic carbocycles. The molecule has 2 rings (SSSR count). The molecule has 100 valence electrons. The predicted octanol–water partition coefficient (Wildman–Crippen LogP) is 2.99. The van der Waals surface area contributed by atoms with E-state index in [-0.39, 0.29) is 0 Å². The molecule has 0 aliphatic rings. The summed E-state index contributed by atoms with van der Waals surface area (Å²) in [5.41, 5.74) is 1.85. The molecular weight excluding hydrogens is 240 g/mol. The van der Waals surface area contributed by atoms with E-state index in [4.69, 9.17) is 4.74 Å². The Morgan fingerprint density at radius 1 is 1.21 bits per heavy atom. The van der Waals surface area contributed by atoms with Crippen molar-refractivity contribution in [2.75, 3.05) is 19.0 Å². The summed E-state index contributed by atoms with van der Waals surface area (Å²) in [5.74, 6) is 1.20. The summed E-state index contributed by atoms with van der Waals surface area (Å²) in [6.07, 6.45) is 1.10. The third kappa shape index (κ3) is 3.45. The summed E-state index contributed by atoms with van der Waals surface area (Å²) in [7, 11) is 3.96. The van der Waals surface area contributed by atoms with Gasteiger partial charge in [-0.15, -0.1) is 0 Å². The third-order valence-corrected chi connectivity index (χ3v) is 2.80. The van der Waals surface area contributed by atoms with Crippen LogP contribution in [0.15, 0.2) is 42.6 Å². The van der Waals surface area contributed by atoms with E-state index < -0.39 is 6.10 Å². The summed E-state index contributed by atoms with van der Waals surface area (Å²) < 4.78 is 5.71. The minimum Gasteiger partial charge on any atom is -0.439 e. The predicted molar refractivity (Wildman–Crippen MR) is 75.7 cm³/mol. The van der Waals surface area contributed by atoms with Crippen molar-refractivity contribution in [3.63, 3.8) is 0 Å². The van der Waals surface area contributed by atoms with Crippen LogP contribution in [0, 0.1) is 0 Å². The van der Waals surface area contributed by atoms with Crippen molar-refractivity contribution < 1.29 is 9.84 Å². The number of aliphatic hydroxyl groups is 1. The molecule has 1 atom stereocenters. The topological polar surface area (TPSA) is 45.6 Å². The maximum absolute atomic E-state index is 9.54. The fourth-order valence-electron chi connectivity index (χ4n) is 1.69. The summed E-state index contributed by atoms with van der Waals surface area (Å²) in [5, 5.41) is 9.54. The van der Waals surface area contributed by atoms with Gasteiger partial charge in [0.1, 0.15) is 5.75 Å². The van der Waals surface area contributed by atoms with Gasteiger partial charge in [-0.2, -0.15) is 0 Å². The molecule has 0 aliphatic carbocycles. The first-order chi connectivity index (χ1) is 9.06. The van der Waals surface area contributed by atoms with Crippen LogP contribution >= 0.6 is 0 Å². The first-order valence-corrected chi connectivity index (χ1v) is 6.15. The molecule has 0 fully saturated rings. The van der Waals surface area contributed by atoms with Gasteiger partial charge in [0.25, 0.3) is 0 Å². The molecule has 0 unspecified atom stereocenters. The monoisotopic (exact) mass is 258 g/mol. The maximum atomic E-state index is 9.54. The highest BCUT2D eigenvalue weighted by molar-refractivity contribution is 5.50. The number of nitrogens with zero attached hydrogens (tertiary/aromatic N) is 2. The lowest BCUT2D eigenvalue weighted by atomic mass is 10.2. The lowest BCUT2D eigenvalue weighted by Gasteiger charge is -2.14. The summed E-state index contributed by atoms with van der Waals surface area (Å²) in [6, 6.07) is 11.3. The third-order valence-electron chi connectivity index (χ3n) is 2.80. The average molecular weight is 258 g/mol. The molecule has 1 aromatic heterocycles. The van der Waals surface area contributed by atoms with Crippen LogP contribution in [0.4, 0.5) is 5.69 Å². The van der Waals surface area contributed by atoms with Gasteiger partial charge in [0.05, 0.1) is 6.10 Å². The van der Waals surface area contributed by atoms with E-state index in [1.807, 2.05) is 43.3 Å². The molecular formula is C15H18N2O2. The first kappa shape index (κ1) is 13.4. The number of pyridine rings is 1. The van der Waals surface area contributed by atoms with Crippen molar-refractivity contribution in [3.8, 4) is 11.6 Å². The van der Waals surface area contributed by atoms with Gasteiger partial charge in [0, 0.05) is 38.1 Å². The van der Waals surface area contributed by atoms with Crippen LogP contribution in [0.1, 0.15) is 18.6 Å². The Balaban J connectivity index is 2.21. The normalized spacial score (nSPS) is 12.0. The molecule has 0 saturated heterocycles. The van der Waals surface area contributed by atoms with E-state index in [2.05, 4.69) is 4.98 Å². The van der Waals surface area contributed by atoms with Gasteiger partial charge in [-0.25, -0.2) is 4.98 Å². The molecule has 0 amide bonds. The molecule has 2 aromatic rings. The lowest BCUT2D eigenvalue weighted by Crippen LogP contribution is -2.08. The Morgan fingerprint density at radius 3 is 2.68 bits per heavy atom. The zero-order valence-corrected chi connectivity index (χ0v) is 11.4. The van der Waals surface area contributed by atoms with Gasteiger partial charge in [0.2, 0.25) is 5.88 Å². The second kappa shape index (κ2) is 5.71. The van der Waals surface area contributed by atoms with Crippen LogP contribution in [-0.2, 0) is 0 Å².